The van der Waals surface area contributed by atoms with Crippen molar-refractivity contribution in [3.63, 3.8) is 0 Å². The number of rotatable bonds is 8. The second kappa shape index (κ2) is 17.9. The Bertz CT molecular complexity index is 1690. The van der Waals surface area contributed by atoms with E-state index < -0.39 is 71.5 Å². The number of carbonyl (C=O) groups excluding carboxylic acids is 3. The molecule has 4 heterocycles. The molecule has 5 rings (SSSR count). The number of likely N-dealkylation sites (N-methyl/N-ethyl adjacent to an activating group) is 1. The molecule has 56 heavy (non-hydrogen) atoms. The summed E-state index contributed by atoms with van der Waals surface area (Å²) in [5.74, 6) is 2.65. The van der Waals surface area contributed by atoms with E-state index in [1.165, 1.54) is 6.92 Å². The van der Waals surface area contributed by atoms with E-state index in [1.807, 2.05) is 77.9 Å². The zero-order valence-corrected chi connectivity index (χ0v) is 34.9. The van der Waals surface area contributed by atoms with Gasteiger partial charge in [-0.05, 0) is 78.1 Å². The summed E-state index contributed by atoms with van der Waals surface area (Å²) < 4.78 is 32.2. The zero-order valence-electron chi connectivity index (χ0n) is 34.9. The minimum absolute atomic E-state index is 0.0220. The smallest absolute Gasteiger partial charge is 0.410 e. The predicted molar refractivity (Wildman–Crippen MR) is 214 cm³/mol. The van der Waals surface area contributed by atoms with Crippen LogP contribution in [0.1, 0.15) is 85.8 Å². The summed E-state index contributed by atoms with van der Waals surface area (Å²) in [6, 6.07) is 7.27. The lowest BCUT2D eigenvalue weighted by Gasteiger charge is -2.47. The third-order valence-corrected chi connectivity index (χ3v) is 12.5. The number of cyclic esters (lactones) is 1. The average molecular weight is 778 g/mol. The van der Waals surface area contributed by atoms with Gasteiger partial charge in [-0.25, -0.2) is 4.79 Å². The van der Waals surface area contributed by atoms with Crippen LogP contribution >= 0.6 is 0 Å². The molecule has 13 atom stereocenters. The van der Waals surface area contributed by atoms with Gasteiger partial charge < -0.3 is 33.7 Å². The average Bonchev–Trinajstić information content (AvgIpc) is 3.28. The Morgan fingerprint density at radius 2 is 1.77 bits per heavy atom. The van der Waals surface area contributed by atoms with Crippen molar-refractivity contribution in [2.45, 2.75) is 135 Å². The zero-order chi connectivity index (χ0) is 41.1. The molecule has 3 saturated heterocycles. The highest BCUT2D eigenvalue weighted by Crippen LogP contribution is 2.44. The van der Waals surface area contributed by atoms with E-state index in [2.05, 4.69) is 25.3 Å². The number of aliphatic imine (C=N–C) groups is 1. The number of ether oxygens (including phenoxy) is 5. The Labute approximate surface area is 333 Å². The standard InChI is InChI=1S/C44H63N3O9/c1-12-31-17-19-32(20-18-31)16-14-15-23-52-43(8)25-26(3)35-28(5)38-44(9,56-42(51)47(38)22-21-45-35)34(13-2)54-40(50)30(7)36(48)29(6)39(43)55-41-37(49)33(46(10)11)24-27(4)53-41/h12,17-20,26-30,33-34,37-39,41,49H,1,13,16,21-25H2,2-11H3/t26-,27-,28-,29+,30-,33+,34+,37-,38-,39-,41+,43-,44-/m1/s1. The molecule has 1 aromatic rings. The number of benzene rings is 1. The van der Waals surface area contributed by atoms with Gasteiger partial charge in [0.1, 0.15) is 24.7 Å². The monoisotopic (exact) mass is 777 g/mol. The third kappa shape index (κ3) is 8.92. The van der Waals surface area contributed by atoms with Gasteiger partial charge in [0.2, 0.25) is 0 Å². The number of ketones is 1. The lowest BCUT2D eigenvalue weighted by Crippen LogP contribution is -2.60. The van der Waals surface area contributed by atoms with Crippen LogP contribution in [0.3, 0.4) is 0 Å². The fraction of sp³-hybridized carbons (Fsp3) is 0.682. The first-order chi connectivity index (χ1) is 26.4. The minimum Gasteiger partial charge on any atom is -0.458 e. The first-order valence-electron chi connectivity index (χ1n) is 20.2. The molecule has 12 heteroatoms. The number of amides is 1. The first-order valence-corrected chi connectivity index (χ1v) is 20.2. The van der Waals surface area contributed by atoms with Crippen LogP contribution in [0.5, 0.6) is 0 Å². The van der Waals surface area contributed by atoms with Gasteiger partial charge in [0.15, 0.2) is 17.7 Å². The van der Waals surface area contributed by atoms with Crippen molar-refractivity contribution in [1.82, 2.24) is 9.80 Å². The molecule has 1 aromatic carbocycles. The molecular weight excluding hydrogens is 714 g/mol. The number of nitrogens with zero attached hydrogens (tertiary/aromatic N) is 3. The van der Waals surface area contributed by atoms with Crippen molar-refractivity contribution < 1.29 is 43.2 Å². The van der Waals surface area contributed by atoms with E-state index in [0.717, 1.165) is 16.8 Å². The summed E-state index contributed by atoms with van der Waals surface area (Å²) in [6.45, 7) is 19.5. The molecule has 308 valence electrons. The second-order valence-electron chi connectivity index (χ2n) is 16.8. The van der Waals surface area contributed by atoms with E-state index in [0.29, 0.717) is 38.8 Å². The van der Waals surface area contributed by atoms with Gasteiger partial charge in [-0.3, -0.25) is 19.5 Å². The molecule has 0 unspecified atom stereocenters. The largest absolute Gasteiger partial charge is 0.458 e. The Hall–Kier alpha value is -3.60. The maximum absolute atomic E-state index is 14.5. The Kier molecular flexibility index (Phi) is 13.9. The number of aliphatic hydroxyl groups excluding tert-OH is 1. The topological polar surface area (TPSA) is 136 Å². The van der Waals surface area contributed by atoms with Crippen LogP contribution in [0.4, 0.5) is 4.79 Å². The fourth-order valence-electron chi connectivity index (χ4n) is 9.44. The van der Waals surface area contributed by atoms with Crippen molar-refractivity contribution in [1.29, 1.82) is 0 Å². The molecule has 3 fully saturated rings. The van der Waals surface area contributed by atoms with E-state index in [9.17, 15) is 19.5 Å². The van der Waals surface area contributed by atoms with Crippen LogP contribution in [-0.4, -0.2) is 126 Å². The fourth-order valence-corrected chi connectivity index (χ4v) is 9.44. The van der Waals surface area contributed by atoms with Gasteiger partial charge in [-0.1, -0.05) is 76.5 Å². The molecule has 0 spiro atoms. The van der Waals surface area contributed by atoms with Crippen molar-refractivity contribution in [3.8, 4) is 11.8 Å². The summed E-state index contributed by atoms with van der Waals surface area (Å²) in [7, 11) is 3.80. The molecule has 4 aliphatic rings. The summed E-state index contributed by atoms with van der Waals surface area (Å²) in [5, 5.41) is 11.6. The highest BCUT2D eigenvalue weighted by atomic mass is 16.7. The second-order valence-corrected chi connectivity index (χ2v) is 16.8. The normalized spacial score (nSPS) is 38.1. The van der Waals surface area contributed by atoms with E-state index >= 15 is 0 Å². The molecule has 1 amide bonds. The molecule has 4 aliphatic heterocycles. The quantitative estimate of drug-likeness (QED) is 0.210. The Morgan fingerprint density at radius 3 is 2.41 bits per heavy atom. The van der Waals surface area contributed by atoms with Crippen LogP contribution in [0.15, 0.2) is 35.8 Å². The number of aliphatic hydroxyl groups is 1. The molecule has 0 radical (unpaired) electrons. The van der Waals surface area contributed by atoms with Gasteiger partial charge in [0.05, 0.1) is 30.4 Å². The number of fused-ring (bicyclic) bond motifs is 1. The summed E-state index contributed by atoms with van der Waals surface area (Å²) in [4.78, 5) is 50.7. The molecule has 0 aromatic heterocycles. The Balaban J connectivity index is 1.58. The van der Waals surface area contributed by atoms with Crippen LogP contribution in [0, 0.1) is 35.5 Å². The minimum atomic E-state index is -1.22. The van der Waals surface area contributed by atoms with E-state index in [4.69, 9.17) is 28.7 Å². The van der Waals surface area contributed by atoms with Crippen molar-refractivity contribution in [2.24, 2.45) is 28.7 Å². The highest BCUT2D eigenvalue weighted by Gasteiger charge is 2.60. The predicted octanol–water partition coefficient (Wildman–Crippen LogP) is 5.34. The highest BCUT2D eigenvalue weighted by molar-refractivity contribution is 6.00. The number of hydrogen-bond acceptors (Lipinski definition) is 11. The molecule has 0 aliphatic carbocycles. The van der Waals surface area contributed by atoms with Crippen LogP contribution < -0.4 is 0 Å². The van der Waals surface area contributed by atoms with Crippen LogP contribution in [0.25, 0.3) is 6.08 Å². The summed E-state index contributed by atoms with van der Waals surface area (Å²) in [6.07, 6.45) is -1.05. The molecule has 12 nitrogen and oxygen atoms in total. The first kappa shape index (κ1) is 43.5. The van der Waals surface area contributed by atoms with E-state index in [1.54, 1.807) is 17.9 Å². The van der Waals surface area contributed by atoms with Gasteiger partial charge >= 0.3 is 12.1 Å². The maximum atomic E-state index is 14.5. The maximum Gasteiger partial charge on any atom is 0.410 e. The van der Waals surface area contributed by atoms with Gasteiger partial charge in [0.25, 0.3) is 0 Å². The van der Waals surface area contributed by atoms with Crippen LogP contribution in [0.2, 0.25) is 0 Å². The van der Waals surface area contributed by atoms with Crippen molar-refractivity contribution in [2.75, 3.05) is 33.8 Å². The molecular formula is C44H63N3O9. The third-order valence-electron chi connectivity index (χ3n) is 12.5. The van der Waals surface area contributed by atoms with Crippen molar-refractivity contribution >= 4 is 29.6 Å². The SMILES string of the molecule is C=Cc1ccc(CC#CCO[C@]2(C)C[C@@H](C)C3=NCCN4C(=O)O[C@](C)([C@H](CC)OC(=O)[C@H](C)C(=O)[C@H](C)[C@H]2O[C@@H]2O[C@H](C)C[C@H](N(C)C)[C@H]2O)[C@H]4[C@@H]3C)cc1. The number of esters is 1. The van der Waals surface area contributed by atoms with Gasteiger partial charge in [0, 0.05) is 36.6 Å². The summed E-state index contributed by atoms with van der Waals surface area (Å²) in [5.41, 5.74) is 0.539. The van der Waals surface area contributed by atoms with E-state index in [-0.39, 0.29) is 30.6 Å². The number of Topliss-reactive ketones (excluding diaryl/α,β-unsaturated/α-hetero) is 1. The van der Waals surface area contributed by atoms with Crippen LogP contribution in [-0.2, 0) is 39.7 Å². The Morgan fingerprint density at radius 1 is 1.07 bits per heavy atom. The molecule has 1 N–H and O–H groups in total. The summed E-state index contributed by atoms with van der Waals surface area (Å²) >= 11 is 0. The lowest BCUT2D eigenvalue weighted by molar-refractivity contribution is -0.296. The number of hydrogen-bond donors (Lipinski definition) is 1. The number of carbonyl (C=O) groups is 3. The molecule has 0 saturated carbocycles. The molecule has 2 bridgehead atoms. The van der Waals surface area contributed by atoms with Gasteiger partial charge in [-0.15, -0.1) is 0 Å². The lowest BCUT2D eigenvalue weighted by atomic mass is 9.73. The van der Waals surface area contributed by atoms with Crippen molar-refractivity contribution in [3.05, 3.63) is 42.0 Å². The van der Waals surface area contributed by atoms with Gasteiger partial charge in [-0.2, -0.15) is 0 Å².